The van der Waals surface area contributed by atoms with Crippen LogP contribution in [0.25, 0.3) is 0 Å². The maximum atomic E-state index is 12.8. The van der Waals surface area contributed by atoms with Crippen molar-refractivity contribution < 1.29 is 28.3 Å². The summed E-state index contributed by atoms with van der Waals surface area (Å²) in [4.78, 5) is 36.6. The number of carbonyl (C=O) groups is 3. The van der Waals surface area contributed by atoms with Crippen molar-refractivity contribution in [2.24, 2.45) is 0 Å². The normalized spacial score (nSPS) is 11.6. The molecule has 0 aromatic heterocycles. The second-order valence-electron chi connectivity index (χ2n) is 10.3. The molecule has 0 aliphatic carbocycles. The van der Waals surface area contributed by atoms with Crippen molar-refractivity contribution in [1.29, 1.82) is 0 Å². The molecule has 0 rings (SSSR count). The van der Waals surface area contributed by atoms with Crippen LogP contribution in [0.1, 0.15) is 130 Å². The summed E-state index contributed by atoms with van der Waals surface area (Å²) in [6.07, 6.45) is 20.1. The molecule has 7 heteroatoms. The fourth-order valence-electron chi connectivity index (χ4n) is 4.48. The van der Waals surface area contributed by atoms with Crippen molar-refractivity contribution in [2.75, 3.05) is 13.2 Å². The zero-order valence-electron chi connectivity index (χ0n) is 24.5. The molecule has 0 aliphatic heterocycles. The summed E-state index contributed by atoms with van der Waals surface area (Å²) >= 11 is 0. The summed E-state index contributed by atoms with van der Waals surface area (Å²) in [5, 5.41) is 0. The van der Waals surface area contributed by atoms with Crippen LogP contribution in [0.5, 0.6) is 0 Å². The second-order valence-corrected chi connectivity index (χ2v) is 14.3. The molecule has 37 heavy (non-hydrogen) atoms. The summed E-state index contributed by atoms with van der Waals surface area (Å²) in [6.45, 7) is 8.66. The summed E-state index contributed by atoms with van der Waals surface area (Å²) in [6, 6.07) is 2.98. The Balaban J connectivity index is 4.91. The summed E-state index contributed by atoms with van der Waals surface area (Å²) in [5.74, 6) is -1.76. The van der Waals surface area contributed by atoms with Gasteiger partial charge in [-0.05, 0) is 24.6 Å². The highest BCUT2D eigenvalue weighted by atomic mass is 28.4. The topological polar surface area (TPSA) is 78.9 Å². The molecule has 0 aliphatic rings. The molecule has 0 bridgehead atoms. The molecule has 0 unspecified atom stereocenters. The van der Waals surface area contributed by atoms with E-state index in [1.807, 2.05) is 0 Å². The van der Waals surface area contributed by atoms with Gasteiger partial charge in [0.05, 0.1) is 6.61 Å². The predicted molar refractivity (Wildman–Crippen MR) is 154 cm³/mol. The molecule has 0 radical (unpaired) electrons. The molecule has 0 atom stereocenters. The number of esters is 2. The highest BCUT2D eigenvalue weighted by Crippen LogP contribution is 2.31. The molecule has 0 saturated carbocycles. The van der Waals surface area contributed by atoms with Crippen LogP contribution in [-0.2, 0) is 28.3 Å². The fraction of sp³-hybridized carbons (Fsp3) is 0.833. The van der Waals surface area contributed by atoms with Gasteiger partial charge >= 0.3 is 17.9 Å². The van der Waals surface area contributed by atoms with Gasteiger partial charge in [-0.25, -0.2) is 14.4 Å². The van der Waals surface area contributed by atoms with Crippen molar-refractivity contribution in [3.63, 3.8) is 0 Å². The lowest BCUT2D eigenvalue weighted by Crippen LogP contribution is -2.41. The van der Waals surface area contributed by atoms with E-state index in [-0.39, 0.29) is 0 Å². The molecule has 0 saturated heterocycles. The smallest absolute Gasteiger partial charge is 0.331 e. The lowest BCUT2D eigenvalue weighted by molar-refractivity contribution is -0.150. The van der Waals surface area contributed by atoms with Gasteiger partial charge < -0.3 is 13.9 Å². The van der Waals surface area contributed by atoms with Crippen molar-refractivity contribution in [2.45, 2.75) is 149 Å². The molecule has 0 N–H and O–H groups in total. The van der Waals surface area contributed by atoms with E-state index in [1.165, 1.54) is 57.8 Å². The van der Waals surface area contributed by atoms with Gasteiger partial charge in [0, 0.05) is 12.2 Å². The third-order valence-corrected chi connectivity index (χ3v) is 11.2. The van der Waals surface area contributed by atoms with Crippen LogP contribution in [0.4, 0.5) is 0 Å². The molecule has 0 amide bonds. The van der Waals surface area contributed by atoms with Crippen molar-refractivity contribution >= 4 is 26.2 Å². The minimum atomic E-state index is -2.27. The Kier molecular flexibility index (Phi) is 23.6. The molecule has 216 valence electrons. The number of hydrogen-bond acceptors (Lipinski definition) is 6. The average Bonchev–Trinajstić information content (AvgIpc) is 2.89. The SMILES string of the molecule is CCCCCCOC(=O)/C=C/C(=O)OCC(=O)O[Si](CCCCCC)(CCCCCC)CCCCCC. The van der Waals surface area contributed by atoms with Gasteiger partial charge in [-0.3, -0.25) is 0 Å². The number of unbranched alkanes of at least 4 members (excludes halogenated alkanes) is 12. The third kappa shape index (κ3) is 21.0. The van der Waals surface area contributed by atoms with E-state index < -0.39 is 32.8 Å². The highest BCUT2D eigenvalue weighted by Gasteiger charge is 2.37. The largest absolute Gasteiger partial charge is 0.517 e. The van der Waals surface area contributed by atoms with Crippen LogP contribution in [0.15, 0.2) is 12.2 Å². The first kappa shape index (κ1) is 35.4. The minimum absolute atomic E-state index is 0.339. The Morgan fingerprint density at radius 1 is 0.541 bits per heavy atom. The molecule has 6 nitrogen and oxygen atoms in total. The Morgan fingerprint density at radius 2 is 0.946 bits per heavy atom. The fourth-order valence-corrected chi connectivity index (χ4v) is 8.77. The lowest BCUT2D eigenvalue weighted by atomic mass is 10.2. The van der Waals surface area contributed by atoms with E-state index in [9.17, 15) is 14.4 Å². The van der Waals surface area contributed by atoms with E-state index >= 15 is 0 Å². The first-order chi connectivity index (χ1) is 17.9. The van der Waals surface area contributed by atoms with Crippen molar-refractivity contribution in [3.8, 4) is 0 Å². The highest BCUT2D eigenvalue weighted by molar-refractivity contribution is 6.75. The van der Waals surface area contributed by atoms with Crippen molar-refractivity contribution in [1.82, 2.24) is 0 Å². The summed E-state index contributed by atoms with van der Waals surface area (Å²) < 4.78 is 16.4. The molecule has 0 aromatic rings. The van der Waals surface area contributed by atoms with Crippen LogP contribution in [0.2, 0.25) is 18.1 Å². The van der Waals surface area contributed by atoms with Gasteiger partial charge in [0.25, 0.3) is 8.32 Å². The number of ether oxygens (including phenoxy) is 2. The maximum absolute atomic E-state index is 12.8. The Labute approximate surface area is 228 Å². The van der Waals surface area contributed by atoms with E-state index in [1.54, 1.807) is 0 Å². The Hall–Kier alpha value is -1.63. The number of rotatable bonds is 25. The molecule has 0 fully saturated rings. The van der Waals surface area contributed by atoms with Gasteiger partial charge in [0.2, 0.25) is 0 Å². The quantitative estimate of drug-likeness (QED) is 0.0500. The van der Waals surface area contributed by atoms with Gasteiger partial charge in [0.15, 0.2) is 6.61 Å². The van der Waals surface area contributed by atoms with Gasteiger partial charge in [-0.15, -0.1) is 0 Å². The molecule has 0 heterocycles. The van der Waals surface area contributed by atoms with E-state index in [0.717, 1.165) is 75.2 Å². The van der Waals surface area contributed by atoms with Crippen LogP contribution in [0.3, 0.4) is 0 Å². The molecular weight excluding hydrogens is 484 g/mol. The van der Waals surface area contributed by atoms with E-state index in [0.29, 0.717) is 6.61 Å². The standard InChI is InChI=1S/C30H56O6Si/c1-5-9-13-17-23-34-28(31)21-22-29(32)35-27-30(33)36-37(24-18-14-10-6-2,25-19-15-11-7-3)26-20-16-12-8-4/h21-22H,5-20,23-27H2,1-4H3/b22-21+. The van der Waals surface area contributed by atoms with Crippen molar-refractivity contribution in [3.05, 3.63) is 12.2 Å². The van der Waals surface area contributed by atoms with Crippen LogP contribution in [0, 0.1) is 0 Å². The Morgan fingerprint density at radius 3 is 1.38 bits per heavy atom. The first-order valence-electron chi connectivity index (χ1n) is 15.2. The summed E-state index contributed by atoms with van der Waals surface area (Å²) in [5.41, 5.74) is 0. The van der Waals surface area contributed by atoms with E-state index in [4.69, 9.17) is 13.9 Å². The van der Waals surface area contributed by atoms with Gasteiger partial charge in [-0.2, -0.15) is 0 Å². The number of carbonyl (C=O) groups excluding carboxylic acids is 3. The summed E-state index contributed by atoms with van der Waals surface area (Å²) in [7, 11) is -2.27. The molecule has 0 aromatic carbocycles. The monoisotopic (exact) mass is 540 g/mol. The van der Waals surface area contributed by atoms with Crippen LogP contribution in [-0.4, -0.2) is 39.4 Å². The van der Waals surface area contributed by atoms with E-state index in [2.05, 4.69) is 27.7 Å². The van der Waals surface area contributed by atoms with Crippen LogP contribution < -0.4 is 0 Å². The lowest BCUT2D eigenvalue weighted by Gasteiger charge is -2.31. The minimum Gasteiger partial charge on any atom is -0.517 e. The van der Waals surface area contributed by atoms with Crippen LogP contribution >= 0.6 is 0 Å². The number of hydrogen-bond donors (Lipinski definition) is 0. The zero-order valence-corrected chi connectivity index (χ0v) is 25.5. The maximum Gasteiger partial charge on any atom is 0.331 e. The van der Waals surface area contributed by atoms with Gasteiger partial charge in [0.1, 0.15) is 0 Å². The average molecular weight is 541 g/mol. The third-order valence-electron chi connectivity index (χ3n) is 6.72. The first-order valence-corrected chi connectivity index (χ1v) is 17.7. The second kappa shape index (κ2) is 24.7. The predicted octanol–water partition coefficient (Wildman–Crippen LogP) is 8.44. The molecular formula is C30H56O6Si. The Bertz CT molecular complexity index is 588. The zero-order chi connectivity index (χ0) is 27.6. The van der Waals surface area contributed by atoms with Gasteiger partial charge in [-0.1, -0.05) is 124 Å². The molecule has 0 spiro atoms.